The molecule has 1 aromatic rings. The van der Waals surface area contributed by atoms with Gasteiger partial charge in [-0.3, -0.25) is 0 Å². The standard InChI is InChI=1S/C14H23NO3Si/c1-16-19(17-2,18-3)13-14(9-5-4-6-10-14)15-11-7-8-12-15/h4-5,7-8,11-12H,6,9-10,13H2,1-3H3. The third-order valence-corrected chi connectivity index (χ3v) is 7.03. The lowest BCUT2D eigenvalue weighted by molar-refractivity contribution is 0.103. The van der Waals surface area contributed by atoms with E-state index in [1.165, 1.54) is 0 Å². The molecule has 0 N–H and O–H groups in total. The summed E-state index contributed by atoms with van der Waals surface area (Å²) < 4.78 is 19.1. The summed E-state index contributed by atoms with van der Waals surface area (Å²) in [5.41, 5.74) is 0.00645. The van der Waals surface area contributed by atoms with Crippen molar-refractivity contribution >= 4 is 8.80 Å². The van der Waals surface area contributed by atoms with Crippen molar-refractivity contribution in [3.63, 3.8) is 0 Å². The van der Waals surface area contributed by atoms with Crippen molar-refractivity contribution in [2.75, 3.05) is 21.3 Å². The van der Waals surface area contributed by atoms with Gasteiger partial charge in [-0.15, -0.1) is 0 Å². The van der Waals surface area contributed by atoms with Crippen LogP contribution in [0.1, 0.15) is 19.3 Å². The van der Waals surface area contributed by atoms with Gasteiger partial charge in [0.15, 0.2) is 0 Å². The van der Waals surface area contributed by atoms with Gasteiger partial charge in [0.05, 0.1) is 5.54 Å². The Morgan fingerprint density at radius 2 is 1.68 bits per heavy atom. The zero-order chi connectivity index (χ0) is 13.8. The maximum atomic E-state index is 5.62. The van der Waals surface area contributed by atoms with Crippen LogP contribution in [0.5, 0.6) is 0 Å². The molecule has 0 saturated heterocycles. The lowest BCUT2D eigenvalue weighted by Gasteiger charge is -2.41. The average molecular weight is 281 g/mol. The summed E-state index contributed by atoms with van der Waals surface area (Å²) in [5, 5.41) is 0. The molecule has 0 fully saturated rings. The summed E-state index contributed by atoms with van der Waals surface area (Å²) in [5.74, 6) is 0. The second-order valence-electron chi connectivity index (χ2n) is 5.00. The molecule has 1 atom stereocenters. The van der Waals surface area contributed by atoms with Gasteiger partial charge in [0.2, 0.25) is 0 Å². The highest BCUT2D eigenvalue weighted by atomic mass is 28.4. The third-order valence-electron chi connectivity index (χ3n) is 4.07. The molecule has 0 radical (unpaired) electrons. The first-order valence-electron chi connectivity index (χ1n) is 6.64. The van der Waals surface area contributed by atoms with E-state index in [-0.39, 0.29) is 5.54 Å². The molecule has 0 aliphatic heterocycles. The van der Waals surface area contributed by atoms with Crippen LogP contribution in [0.25, 0.3) is 0 Å². The first kappa shape index (κ1) is 14.5. The minimum absolute atomic E-state index is 0.00645. The van der Waals surface area contributed by atoms with Gasteiger partial charge in [-0.2, -0.15) is 0 Å². The molecule has 1 aliphatic carbocycles. The molecule has 2 rings (SSSR count). The summed E-state index contributed by atoms with van der Waals surface area (Å²) >= 11 is 0. The Labute approximate surface area is 116 Å². The Morgan fingerprint density at radius 1 is 1.05 bits per heavy atom. The number of hydrogen-bond donors (Lipinski definition) is 0. The van der Waals surface area contributed by atoms with Crippen molar-refractivity contribution < 1.29 is 13.3 Å². The molecule has 1 heterocycles. The highest BCUT2D eigenvalue weighted by Gasteiger charge is 2.48. The smallest absolute Gasteiger partial charge is 0.377 e. The number of aromatic nitrogens is 1. The van der Waals surface area contributed by atoms with Gasteiger partial charge >= 0.3 is 8.80 Å². The van der Waals surface area contributed by atoms with Gasteiger partial charge in [0, 0.05) is 39.8 Å². The van der Waals surface area contributed by atoms with Crippen molar-refractivity contribution in [3.8, 4) is 0 Å². The Kier molecular flexibility index (Phi) is 4.62. The van der Waals surface area contributed by atoms with Gasteiger partial charge in [-0.05, 0) is 31.4 Å². The van der Waals surface area contributed by atoms with Crippen molar-refractivity contribution in [2.24, 2.45) is 0 Å². The summed E-state index contributed by atoms with van der Waals surface area (Å²) in [7, 11) is 2.46. The third kappa shape index (κ3) is 2.84. The highest BCUT2D eigenvalue weighted by Crippen LogP contribution is 2.39. The van der Waals surface area contributed by atoms with Crippen molar-refractivity contribution in [2.45, 2.75) is 30.8 Å². The van der Waals surface area contributed by atoms with E-state index in [0.29, 0.717) is 0 Å². The molecular weight excluding hydrogens is 258 g/mol. The van der Waals surface area contributed by atoms with Crippen LogP contribution in [-0.2, 0) is 18.8 Å². The number of rotatable bonds is 6. The molecule has 1 unspecified atom stereocenters. The van der Waals surface area contributed by atoms with Crippen LogP contribution in [0.4, 0.5) is 0 Å². The largest absolute Gasteiger partial charge is 0.502 e. The van der Waals surface area contributed by atoms with Crippen LogP contribution in [0, 0.1) is 0 Å². The second kappa shape index (κ2) is 6.05. The van der Waals surface area contributed by atoms with E-state index in [1.807, 2.05) is 0 Å². The van der Waals surface area contributed by atoms with E-state index >= 15 is 0 Å². The van der Waals surface area contributed by atoms with E-state index in [4.69, 9.17) is 13.3 Å². The Hall–Kier alpha value is -0.883. The molecular formula is C14H23NO3Si. The molecule has 106 valence electrons. The zero-order valence-electron chi connectivity index (χ0n) is 12.0. The lowest BCUT2D eigenvalue weighted by atomic mass is 9.87. The maximum Gasteiger partial charge on any atom is 0.502 e. The molecule has 0 spiro atoms. The quantitative estimate of drug-likeness (QED) is 0.594. The number of hydrogen-bond acceptors (Lipinski definition) is 3. The van der Waals surface area contributed by atoms with E-state index in [1.54, 1.807) is 21.3 Å². The van der Waals surface area contributed by atoms with Crippen molar-refractivity contribution in [1.29, 1.82) is 0 Å². The van der Waals surface area contributed by atoms with Crippen LogP contribution >= 0.6 is 0 Å². The van der Waals surface area contributed by atoms with Crippen LogP contribution in [-0.4, -0.2) is 34.7 Å². The van der Waals surface area contributed by atoms with Gasteiger partial charge < -0.3 is 17.8 Å². The fourth-order valence-corrected chi connectivity index (χ4v) is 5.12. The van der Waals surface area contributed by atoms with Crippen LogP contribution < -0.4 is 0 Å². The Balaban J connectivity index is 2.31. The van der Waals surface area contributed by atoms with Crippen molar-refractivity contribution in [3.05, 3.63) is 36.7 Å². The van der Waals surface area contributed by atoms with Gasteiger partial charge in [-0.1, -0.05) is 12.2 Å². The molecule has 5 heteroatoms. The second-order valence-corrected chi connectivity index (χ2v) is 7.95. The molecule has 1 aliphatic rings. The van der Waals surface area contributed by atoms with E-state index < -0.39 is 8.80 Å². The van der Waals surface area contributed by atoms with Crippen LogP contribution in [0.15, 0.2) is 36.7 Å². The minimum atomic E-state index is -2.59. The van der Waals surface area contributed by atoms with Gasteiger partial charge in [0.1, 0.15) is 0 Å². The van der Waals surface area contributed by atoms with E-state index in [0.717, 1.165) is 25.3 Å². The predicted molar refractivity (Wildman–Crippen MR) is 77.0 cm³/mol. The first-order valence-corrected chi connectivity index (χ1v) is 8.57. The Morgan fingerprint density at radius 3 is 2.16 bits per heavy atom. The summed E-state index contributed by atoms with van der Waals surface area (Å²) in [6, 6.07) is 4.92. The first-order chi connectivity index (χ1) is 9.20. The maximum absolute atomic E-state index is 5.62. The zero-order valence-corrected chi connectivity index (χ0v) is 13.0. The lowest BCUT2D eigenvalue weighted by Crippen LogP contribution is -2.51. The minimum Gasteiger partial charge on any atom is -0.377 e. The number of nitrogens with zero attached hydrogens (tertiary/aromatic N) is 1. The van der Waals surface area contributed by atoms with E-state index in [9.17, 15) is 0 Å². The Bertz CT molecular complexity index is 406. The molecule has 0 amide bonds. The van der Waals surface area contributed by atoms with Crippen LogP contribution in [0.3, 0.4) is 0 Å². The van der Waals surface area contributed by atoms with Crippen LogP contribution in [0.2, 0.25) is 6.04 Å². The molecule has 0 aromatic carbocycles. The molecule has 1 aromatic heterocycles. The predicted octanol–water partition coefficient (Wildman–Crippen LogP) is 2.80. The topological polar surface area (TPSA) is 32.6 Å². The molecule has 4 nitrogen and oxygen atoms in total. The molecule has 0 saturated carbocycles. The van der Waals surface area contributed by atoms with Gasteiger partial charge in [0.25, 0.3) is 0 Å². The normalized spacial score (nSPS) is 23.7. The summed E-state index contributed by atoms with van der Waals surface area (Å²) in [6.45, 7) is 0. The fourth-order valence-electron chi connectivity index (χ4n) is 2.88. The molecule has 19 heavy (non-hydrogen) atoms. The van der Waals surface area contributed by atoms with E-state index in [2.05, 4.69) is 41.2 Å². The van der Waals surface area contributed by atoms with Gasteiger partial charge in [-0.25, -0.2) is 0 Å². The molecule has 0 bridgehead atoms. The monoisotopic (exact) mass is 281 g/mol. The average Bonchev–Trinajstić information content (AvgIpc) is 3.01. The SMILES string of the molecule is CO[Si](CC1(n2cccc2)CC=CCC1)(OC)OC. The summed E-state index contributed by atoms with van der Waals surface area (Å²) in [6.07, 6.45) is 11.9. The fraction of sp³-hybridized carbons (Fsp3) is 0.571. The summed E-state index contributed by atoms with van der Waals surface area (Å²) in [4.78, 5) is 0. The van der Waals surface area contributed by atoms with Crippen molar-refractivity contribution in [1.82, 2.24) is 4.57 Å². The highest BCUT2D eigenvalue weighted by molar-refractivity contribution is 6.60. The number of allylic oxidation sites excluding steroid dienone is 2.